The molecule has 1 amide bonds. The molecule has 0 atom stereocenters. The van der Waals surface area contributed by atoms with E-state index >= 15 is 0 Å². The molecule has 6 heteroatoms. The van der Waals surface area contributed by atoms with Crippen LogP contribution >= 0.6 is 0 Å². The second-order valence-electron chi connectivity index (χ2n) is 6.07. The van der Waals surface area contributed by atoms with Crippen LogP contribution in [0.15, 0.2) is 0 Å². The number of aromatic amines is 1. The van der Waals surface area contributed by atoms with Crippen molar-refractivity contribution in [1.29, 1.82) is 0 Å². The average molecular weight is 321 g/mol. The van der Waals surface area contributed by atoms with Crippen LogP contribution in [-0.2, 0) is 11.2 Å². The number of hydrogen-bond acceptors (Lipinski definition) is 4. The van der Waals surface area contributed by atoms with Crippen molar-refractivity contribution < 1.29 is 14.3 Å². The maximum absolute atomic E-state index is 12.7. The number of likely N-dealkylation sites (N-methyl/N-ethyl adjacent to an activating group) is 1. The van der Waals surface area contributed by atoms with Crippen molar-refractivity contribution in [3.8, 4) is 0 Å². The molecule has 1 N–H and O–H groups in total. The number of nitrogens with one attached hydrogen (secondary N) is 1. The number of ketones is 1. The molecule has 0 bridgehead atoms. The summed E-state index contributed by atoms with van der Waals surface area (Å²) >= 11 is 0. The number of morpholine rings is 1. The van der Waals surface area contributed by atoms with Crippen molar-refractivity contribution in [3.05, 3.63) is 22.5 Å². The van der Waals surface area contributed by atoms with Crippen molar-refractivity contribution in [2.75, 3.05) is 46.4 Å². The number of aryl methyl sites for hydroxylation is 1. The molecule has 0 saturated carbocycles. The van der Waals surface area contributed by atoms with Gasteiger partial charge in [-0.1, -0.05) is 6.92 Å². The molecule has 1 aliphatic heterocycles. The maximum Gasteiger partial charge on any atom is 0.270 e. The standard InChI is InChI=1S/C17H27N3O3/c1-5-14-15(13(3)21)12(2)18-16(14)17(22)19(4)6-7-20-8-10-23-11-9-20/h18H,5-11H2,1-4H3. The molecule has 1 saturated heterocycles. The van der Waals surface area contributed by atoms with Crippen molar-refractivity contribution in [1.82, 2.24) is 14.8 Å². The van der Waals surface area contributed by atoms with Crippen molar-refractivity contribution in [2.24, 2.45) is 0 Å². The summed E-state index contributed by atoms with van der Waals surface area (Å²) in [6, 6.07) is 0. The third kappa shape index (κ3) is 4.00. The van der Waals surface area contributed by atoms with Crippen LogP contribution < -0.4 is 0 Å². The number of carbonyl (C=O) groups is 2. The first kappa shape index (κ1) is 17.7. The lowest BCUT2D eigenvalue weighted by Crippen LogP contribution is -2.42. The highest BCUT2D eigenvalue weighted by molar-refractivity contribution is 6.02. The number of carbonyl (C=O) groups excluding carboxylic acids is 2. The minimum absolute atomic E-state index is 0.00520. The smallest absolute Gasteiger partial charge is 0.270 e. The maximum atomic E-state index is 12.7. The van der Waals surface area contributed by atoms with Gasteiger partial charge in [-0.2, -0.15) is 0 Å². The summed E-state index contributed by atoms with van der Waals surface area (Å²) in [5.41, 5.74) is 2.83. The van der Waals surface area contributed by atoms with Crippen LogP contribution in [0.25, 0.3) is 0 Å². The van der Waals surface area contributed by atoms with Gasteiger partial charge in [-0.3, -0.25) is 14.5 Å². The van der Waals surface area contributed by atoms with Crippen LogP contribution in [0, 0.1) is 6.92 Å². The van der Waals surface area contributed by atoms with E-state index in [0.717, 1.165) is 44.1 Å². The molecule has 0 spiro atoms. The highest BCUT2D eigenvalue weighted by Gasteiger charge is 2.24. The lowest BCUT2D eigenvalue weighted by Gasteiger charge is -2.28. The number of ether oxygens (including phenoxy) is 1. The summed E-state index contributed by atoms with van der Waals surface area (Å²) < 4.78 is 5.33. The van der Waals surface area contributed by atoms with Gasteiger partial charge in [0.25, 0.3) is 5.91 Å². The van der Waals surface area contributed by atoms with E-state index in [1.807, 2.05) is 20.9 Å². The summed E-state index contributed by atoms with van der Waals surface area (Å²) in [5.74, 6) is -0.0451. The topological polar surface area (TPSA) is 65.6 Å². The number of aromatic nitrogens is 1. The summed E-state index contributed by atoms with van der Waals surface area (Å²) in [6.07, 6.45) is 0.664. The molecule has 1 aromatic rings. The number of H-pyrrole nitrogens is 1. The molecule has 6 nitrogen and oxygen atoms in total. The zero-order valence-electron chi connectivity index (χ0n) is 14.6. The molecular weight excluding hydrogens is 294 g/mol. The van der Waals surface area contributed by atoms with Crippen LogP contribution in [0.1, 0.15) is 46.0 Å². The number of hydrogen-bond donors (Lipinski definition) is 1. The lowest BCUT2D eigenvalue weighted by atomic mass is 10.0. The van der Waals surface area contributed by atoms with Gasteiger partial charge >= 0.3 is 0 Å². The molecule has 0 radical (unpaired) electrons. The Morgan fingerprint density at radius 2 is 1.96 bits per heavy atom. The molecule has 2 heterocycles. The SMILES string of the molecule is CCc1c(C(=O)N(C)CCN2CCOCC2)[nH]c(C)c1C(C)=O. The minimum atomic E-state index is -0.0503. The number of nitrogens with zero attached hydrogens (tertiary/aromatic N) is 2. The predicted molar refractivity (Wildman–Crippen MR) is 89.1 cm³/mol. The average Bonchev–Trinajstić information content (AvgIpc) is 2.89. The van der Waals surface area contributed by atoms with Gasteiger partial charge in [0.1, 0.15) is 5.69 Å². The minimum Gasteiger partial charge on any atom is -0.379 e. The monoisotopic (exact) mass is 321 g/mol. The number of Topliss-reactive ketones (excluding diaryl/α,β-unsaturated/α-hetero) is 1. The van der Waals surface area contributed by atoms with Gasteiger partial charge in [-0.05, 0) is 25.8 Å². The molecule has 23 heavy (non-hydrogen) atoms. The van der Waals surface area contributed by atoms with E-state index in [4.69, 9.17) is 4.74 Å². The number of rotatable bonds is 6. The lowest BCUT2D eigenvalue weighted by molar-refractivity contribution is 0.0337. The molecule has 2 rings (SSSR count). The van der Waals surface area contributed by atoms with E-state index in [1.165, 1.54) is 0 Å². The van der Waals surface area contributed by atoms with E-state index in [0.29, 0.717) is 24.2 Å². The molecule has 1 aromatic heterocycles. The predicted octanol–water partition coefficient (Wildman–Crippen LogP) is 1.49. The summed E-state index contributed by atoms with van der Waals surface area (Å²) in [5, 5.41) is 0. The van der Waals surface area contributed by atoms with Crippen LogP contribution in [0.5, 0.6) is 0 Å². The fourth-order valence-electron chi connectivity index (χ4n) is 3.10. The fraction of sp³-hybridized carbons (Fsp3) is 0.647. The first-order valence-corrected chi connectivity index (χ1v) is 8.23. The first-order valence-electron chi connectivity index (χ1n) is 8.23. The van der Waals surface area contributed by atoms with E-state index in [9.17, 15) is 9.59 Å². The number of amides is 1. The third-order valence-electron chi connectivity index (χ3n) is 4.41. The van der Waals surface area contributed by atoms with Gasteiger partial charge < -0.3 is 14.6 Å². The van der Waals surface area contributed by atoms with Gasteiger partial charge in [0, 0.05) is 44.5 Å². The quantitative estimate of drug-likeness (QED) is 0.806. The summed E-state index contributed by atoms with van der Waals surface area (Å²) in [6.45, 7) is 10.2. The highest BCUT2D eigenvalue weighted by atomic mass is 16.5. The summed E-state index contributed by atoms with van der Waals surface area (Å²) in [7, 11) is 1.81. The van der Waals surface area contributed by atoms with E-state index < -0.39 is 0 Å². The molecule has 1 fully saturated rings. The Labute approximate surface area is 137 Å². The van der Waals surface area contributed by atoms with Gasteiger partial charge in [0.15, 0.2) is 5.78 Å². The molecule has 0 aliphatic carbocycles. The van der Waals surface area contributed by atoms with Crippen molar-refractivity contribution in [3.63, 3.8) is 0 Å². The Bertz CT molecular complexity index is 574. The van der Waals surface area contributed by atoms with Crippen LogP contribution in [0.2, 0.25) is 0 Å². The zero-order valence-corrected chi connectivity index (χ0v) is 14.6. The van der Waals surface area contributed by atoms with Gasteiger partial charge in [-0.25, -0.2) is 0 Å². The van der Waals surface area contributed by atoms with Gasteiger partial charge in [-0.15, -0.1) is 0 Å². The fourth-order valence-corrected chi connectivity index (χ4v) is 3.10. The highest BCUT2D eigenvalue weighted by Crippen LogP contribution is 2.21. The largest absolute Gasteiger partial charge is 0.379 e. The van der Waals surface area contributed by atoms with Crippen molar-refractivity contribution in [2.45, 2.75) is 27.2 Å². The normalized spacial score (nSPS) is 15.7. The van der Waals surface area contributed by atoms with E-state index in [2.05, 4.69) is 9.88 Å². The Morgan fingerprint density at radius 3 is 2.52 bits per heavy atom. The third-order valence-corrected chi connectivity index (χ3v) is 4.41. The Hall–Kier alpha value is -1.66. The Balaban J connectivity index is 2.06. The Morgan fingerprint density at radius 1 is 1.30 bits per heavy atom. The zero-order chi connectivity index (χ0) is 17.0. The molecule has 1 aliphatic rings. The first-order chi connectivity index (χ1) is 11.0. The van der Waals surface area contributed by atoms with Gasteiger partial charge in [0.05, 0.1) is 13.2 Å². The Kier molecular flexibility index (Phi) is 5.96. The van der Waals surface area contributed by atoms with Gasteiger partial charge in [0.2, 0.25) is 0 Å². The van der Waals surface area contributed by atoms with Crippen molar-refractivity contribution >= 4 is 11.7 Å². The molecular formula is C17H27N3O3. The van der Waals surface area contributed by atoms with E-state index in [1.54, 1.807) is 11.8 Å². The van der Waals surface area contributed by atoms with Crippen LogP contribution in [0.4, 0.5) is 0 Å². The second-order valence-corrected chi connectivity index (χ2v) is 6.07. The molecule has 0 unspecified atom stereocenters. The van der Waals surface area contributed by atoms with E-state index in [-0.39, 0.29) is 11.7 Å². The van der Waals surface area contributed by atoms with Crippen LogP contribution in [-0.4, -0.2) is 72.9 Å². The second kappa shape index (κ2) is 7.75. The summed E-state index contributed by atoms with van der Waals surface area (Å²) in [4.78, 5) is 31.7. The van der Waals surface area contributed by atoms with Crippen LogP contribution in [0.3, 0.4) is 0 Å². The molecule has 128 valence electrons. The molecule has 0 aromatic carbocycles.